The summed E-state index contributed by atoms with van der Waals surface area (Å²) in [6, 6.07) is 33.8. The van der Waals surface area contributed by atoms with E-state index >= 15 is 0 Å². The summed E-state index contributed by atoms with van der Waals surface area (Å²) in [6.07, 6.45) is 0.752. The molecule has 5 aromatic rings. The molecule has 6 rings (SSSR count). The standard InChI is InChI=1S/C38H40N4O2/c1-4-33(29-13-7-5-8-14-29)39-37(43)36-31-17-11-12-18-32(31)38(44)42(30-15-9-6-10-16-30)35(36)26-40-21-23-41(24-22-40)34-25-27(2)19-20-28(34)3/h5-20,25,33H,4,21-24,26H2,1-3H3,(H,39,43)/t33-/m0/s1. The maximum Gasteiger partial charge on any atom is 0.263 e. The predicted octanol–water partition coefficient (Wildman–Crippen LogP) is 6.81. The van der Waals surface area contributed by atoms with Gasteiger partial charge in [-0.2, -0.15) is 0 Å². The highest BCUT2D eigenvalue weighted by Crippen LogP contribution is 2.28. The molecule has 44 heavy (non-hydrogen) atoms. The molecule has 0 unspecified atom stereocenters. The smallest absolute Gasteiger partial charge is 0.263 e. The van der Waals surface area contributed by atoms with Crippen LogP contribution in [0.1, 0.15) is 52.1 Å². The van der Waals surface area contributed by atoms with Crippen LogP contribution < -0.4 is 15.8 Å². The van der Waals surface area contributed by atoms with Gasteiger partial charge in [0.1, 0.15) is 0 Å². The van der Waals surface area contributed by atoms with Crippen molar-refractivity contribution in [1.29, 1.82) is 0 Å². The molecule has 1 aromatic heterocycles. The first-order chi connectivity index (χ1) is 21.4. The van der Waals surface area contributed by atoms with E-state index in [0.29, 0.717) is 22.9 Å². The normalized spacial score (nSPS) is 14.5. The number of pyridine rings is 1. The molecule has 1 atom stereocenters. The minimum Gasteiger partial charge on any atom is -0.369 e. The Bertz CT molecular complexity index is 1820. The Kier molecular flexibility index (Phi) is 8.62. The fraction of sp³-hybridized carbons (Fsp3) is 0.263. The first kappa shape index (κ1) is 29.4. The van der Waals surface area contributed by atoms with Crippen molar-refractivity contribution in [3.8, 4) is 5.69 Å². The van der Waals surface area contributed by atoms with E-state index in [0.717, 1.165) is 49.5 Å². The number of nitrogens with zero attached hydrogens (tertiary/aromatic N) is 3. The van der Waals surface area contributed by atoms with E-state index in [1.807, 2.05) is 84.9 Å². The van der Waals surface area contributed by atoms with Gasteiger partial charge < -0.3 is 10.2 Å². The number of amides is 1. The van der Waals surface area contributed by atoms with Gasteiger partial charge >= 0.3 is 0 Å². The van der Waals surface area contributed by atoms with Gasteiger partial charge in [0.15, 0.2) is 0 Å². The summed E-state index contributed by atoms with van der Waals surface area (Å²) in [4.78, 5) is 33.4. The molecule has 6 heteroatoms. The average Bonchev–Trinajstić information content (AvgIpc) is 3.06. The topological polar surface area (TPSA) is 57.6 Å². The molecular weight excluding hydrogens is 544 g/mol. The fourth-order valence-electron chi connectivity index (χ4n) is 6.41. The van der Waals surface area contributed by atoms with Crippen LogP contribution in [0.25, 0.3) is 16.5 Å². The number of nitrogens with one attached hydrogen (secondary N) is 1. The van der Waals surface area contributed by atoms with Crippen LogP contribution in [0.3, 0.4) is 0 Å². The molecule has 0 saturated carbocycles. The number of piperazine rings is 1. The number of aryl methyl sites for hydroxylation is 2. The van der Waals surface area contributed by atoms with E-state index in [-0.39, 0.29) is 17.5 Å². The number of hydrogen-bond acceptors (Lipinski definition) is 4. The molecule has 1 fully saturated rings. The summed E-state index contributed by atoms with van der Waals surface area (Å²) in [5.41, 5.74) is 6.82. The van der Waals surface area contributed by atoms with Gasteiger partial charge in [-0.15, -0.1) is 0 Å². The third kappa shape index (κ3) is 5.90. The van der Waals surface area contributed by atoms with Crippen molar-refractivity contribution in [3.05, 3.63) is 141 Å². The summed E-state index contributed by atoms with van der Waals surface area (Å²) < 4.78 is 1.76. The molecule has 1 amide bonds. The van der Waals surface area contributed by atoms with Crippen LogP contribution in [-0.4, -0.2) is 41.6 Å². The quantitative estimate of drug-likeness (QED) is 0.218. The third-order valence-electron chi connectivity index (χ3n) is 8.80. The molecule has 0 aliphatic carbocycles. The van der Waals surface area contributed by atoms with E-state index in [2.05, 4.69) is 54.1 Å². The monoisotopic (exact) mass is 584 g/mol. The maximum absolute atomic E-state index is 14.4. The van der Waals surface area contributed by atoms with E-state index in [9.17, 15) is 9.59 Å². The highest BCUT2D eigenvalue weighted by Gasteiger charge is 2.27. The minimum absolute atomic E-state index is 0.109. The molecule has 1 saturated heterocycles. The lowest BCUT2D eigenvalue weighted by Gasteiger charge is -2.37. The number of benzene rings is 4. The molecule has 1 N–H and O–H groups in total. The van der Waals surface area contributed by atoms with Crippen molar-refractivity contribution in [3.63, 3.8) is 0 Å². The molecule has 4 aromatic carbocycles. The van der Waals surface area contributed by atoms with Crippen LogP contribution in [0.15, 0.2) is 108 Å². The first-order valence-corrected chi connectivity index (χ1v) is 15.6. The highest BCUT2D eigenvalue weighted by atomic mass is 16.2. The second-order valence-electron chi connectivity index (χ2n) is 11.7. The minimum atomic E-state index is -0.161. The van der Waals surface area contributed by atoms with Crippen molar-refractivity contribution < 1.29 is 4.79 Å². The fourth-order valence-corrected chi connectivity index (χ4v) is 6.41. The Balaban J connectivity index is 1.42. The van der Waals surface area contributed by atoms with Crippen LogP contribution in [0.5, 0.6) is 0 Å². The Morgan fingerprint density at radius 3 is 2.11 bits per heavy atom. The summed E-state index contributed by atoms with van der Waals surface area (Å²) in [5.74, 6) is -0.161. The van der Waals surface area contributed by atoms with Gasteiger partial charge in [0.05, 0.1) is 17.3 Å². The zero-order valence-electron chi connectivity index (χ0n) is 25.8. The van der Waals surface area contributed by atoms with E-state index in [1.165, 1.54) is 16.8 Å². The lowest BCUT2D eigenvalue weighted by atomic mass is 9.99. The van der Waals surface area contributed by atoms with Crippen LogP contribution >= 0.6 is 0 Å². The van der Waals surface area contributed by atoms with Crippen molar-refractivity contribution in [2.45, 2.75) is 39.8 Å². The van der Waals surface area contributed by atoms with Gasteiger partial charge in [-0.25, -0.2) is 0 Å². The van der Waals surface area contributed by atoms with Gasteiger partial charge in [-0.3, -0.25) is 19.1 Å². The van der Waals surface area contributed by atoms with Crippen LogP contribution in [0, 0.1) is 13.8 Å². The molecule has 1 aliphatic rings. The molecule has 224 valence electrons. The number of rotatable bonds is 8. The van der Waals surface area contributed by atoms with E-state index < -0.39 is 0 Å². The number of anilines is 1. The van der Waals surface area contributed by atoms with Gasteiger partial charge in [0.2, 0.25) is 0 Å². The molecule has 0 bridgehead atoms. The van der Waals surface area contributed by atoms with E-state index in [1.54, 1.807) is 4.57 Å². The van der Waals surface area contributed by atoms with Crippen LogP contribution in [0.4, 0.5) is 5.69 Å². The first-order valence-electron chi connectivity index (χ1n) is 15.6. The molecule has 2 heterocycles. The van der Waals surface area contributed by atoms with Crippen molar-refractivity contribution in [1.82, 2.24) is 14.8 Å². The van der Waals surface area contributed by atoms with Crippen LogP contribution in [0.2, 0.25) is 0 Å². The highest BCUT2D eigenvalue weighted by molar-refractivity contribution is 6.08. The number of carbonyl (C=O) groups is 1. The van der Waals surface area contributed by atoms with Gasteiger partial charge in [-0.05, 0) is 61.2 Å². The largest absolute Gasteiger partial charge is 0.369 e. The molecule has 0 spiro atoms. The SMILES string of the molecule is CC[C@H](NC(=O)c1c(CN2CCN(c3cc(C)ccc3C)CC2)n(-c2ccccc2)c(=O)c2ccccc12)c1ccccc1. The van der Waals surface area contributed by atoms with Gasteiger partial charge in [0, 0.05) is 54.9 Å². The van der Waals surface area contributed by atoms with E-state index in [4.69, 9.17) is 0 Å². The Morgan fingerprint density at radius 2 is 1.43 bits per heavy atom. The summed E-state index contributed by atoms with van der Waals surface area (Å²) in [6.45, 7) is 10.3. The van der Waals surface area contributed by atoms with Crippen molar-refractivity contribution >= 4 is 22.4 Å². The summed E-state index contributed by atoms with van der Waals surface area (Å²) in [7, 11) is 0. The van der Waals surface area contributed by atoms with Gasteiger partial charge in [0.25, 0.3) is 11.5 Å². The number of para-hydroxylation sites is 1. The van der Waals surface area contributed by atoms with Crippen molar-refractivity contribution in [2.24, 2.45) is 0 Å². The van der Waals surface area contributed by atoms with Crippen molar-refractivity contribution in [2.75, 3.05) is 31.1 Å². The zero-order chi connectivity index (χ0) is 30.6. The second kappa shape index (κ2) is 12.9. The Hall–Kier alpha value is -4.68. The lowest BCUT2D eigenvalue weighted by molar-refractivity contribution is 0.0934. The Morgan fingerprint density at radius 1 is 0.795 bits per heavy atom. The molecule has 6 nitrogen and oxygen atoms in total. The summed E-state index contributed by atoms with van der Waals surface area (Å²) >= 11 is 0. The molecular formula is C38H40N4O2. The van der Waals surface area contributed by atoms with Gasteiger partial charge in [-0.1, -0.05) is 85.8 Å². The third-order valence-corrected chi connectivity index (χ3v) is 8.80. The second-order valence-corrected chi connectivity index (χ2v) is 11.7. The van der Waals surface area contributed by atoms with Crippen LogP contribution in [-0.2, 0) is 6.54 Å². The number of aromatic nitrogens is 1. The lowest BCUT2D eigenvalue weighted by Crippen LogP contribution is -2.47. The Labute approximate surface area is 259 Å². The number of carbonyl (C=O) groups excluding carboxylic acids is 1. The zero-order valence-corrected chi connectivity index (χ0v) is 25.8. The summed E-state index contributed by atoms with van der Waals surface area (Å²) in [5, 5.41) is 4.55. The average molecular weight is 585 g/mol. The maximum atomic E-state index is 14.4. The number of hydrogen-bond donors (Lipinski definition) is 1. The molecule has 0 radical (unpaired) electrons. The molecule has 1 aliphatic heterocycles. The predicted molar refractivity (Wildman–Crippen MR) is 180 cm³/mol. The number of fused-ring (bicyclic) bond motifs is 1.